The monoisotopic (exact) mass is 443 g/mol. The highest BCUT2D eigenvalue weighted by Gasteiger charge is 2.36. The van der Waals surface area contributed by atoms with Gasteiger partial charge in [0.05, 0.1) is 16.9 Å². The molecule has 1 fully saturated rings. The van der Waals surface area contributed by atoms with E-state index in [1.54, 1.807) is 0 Å². The fourth-order valence-electron chi connectivity index (χ4n) is 4.68. The summed E-state index contributed by atoms with van der Waals surface area (Å²) in [6.45, 7) is 1.52. The van der Waals surface area contributed by atoms with Gasteiger partial charge in [0.25, 0.3) is 5.56 Å². The molecule has 1 saturated heterocycles. The van der Waals surface area contributed by atoms with E-state index in [1.807, 2.05) is 4.90 Å². The van der Waals surface area contributed by atoms with Crippen LogP contribution in [0.4, 0.5) is 23.2 Å². The van der Waals surface area contributed by atoms with Crippen LogP contribution in [0.2, 0.25) is 0 Å². The Balaban J connectivity index is 1.75. The van der Waals surface area contributed by atoms with Crippen molar-refractivity contribution >= 4 is 5.69 Å². The minimum atomic E-state index is -4.64. The molecule has 0 atom stereocenters. The average molecular weight is 443 g/mol. The standard InChI is InChI=1S/C24H21F4N3O/c25-16-8-6-15(7-9-16)22-18-4-3-5-19(18)23(32)31(29-22)21-14-17(30-12-1-2-13-30)10-11-20(21)24(26,27)28/h6-11,14H,1-5,12-13H2. The van der Waals surface area contributed by atoms with Crippen LogP contribution >= 0.6 is 0 Å². The van der Waals surface area contributed by atoms with Gasteiger partial charge in [-0.25, -0.2) is 4.39 Å². The molecule has 2 heterocycles. The number of aromatic nitrogens is 2. The van der Waals surface area contributed by atoms with Gasteiger partial charge < -0.3 is 4.90 Å². The number of alkyl halides is 3. The summed E-state index contributed by atoms with van der Waals surface area (Å²) >= 11 is 0. The molecule has 0 N–H and O–H groups in total. The lowest BCUT2D eigenvalue weighted by atomic mass is 10.0. The van der Waals surface area contributed by atoms with Crippen molar-refractivity contribution < 1.29 is 17.6 Å². The number of nitrogens with zero attached hydrogens (tertiary/aromatic N) is 3. The first-order valence-electron chi connectivity index (χ1n) is 10.7. The molecule has 5 rings (SSSR count). The Bertz CT molecular complexity index is 1230. The van der Waals surface area contributed by atoms with Crippen molar-refractivity contribution in [2.75, 3.05) is 18.0 Å². The first kappa shape index (κ1) is 20.7. The van der Waals surface area contributed by atoms with Gasteiger partial charge in [0, 0.05) is 29.9 Å². The first-order valence-corrected chi connectivity index (χ1v) is 10.7. The Morgan fingerprint density at radius 1 is 0.875 bits per heavy atom. The quantitative estimate of drug-likeness (QED) is 0.526. The SMILES string of the molecule is O=c1c2c(c(-c3ccc(F)cc3)nn1-c1cc(N3CCCC3)ccc1C(F)(F)F)CCC2. The van der Waals surface area contributed by atoms with Crippen molar-refractivity contribution in [1.29, 1.82) is 0 Å². The topological polar surface area (TPSA) is 38.1 Å². The molecule has 8 heteroatoms. The number of fused-ring (bicyclic) bond motifs is 1. The smallest absolute Gasteiger partial charge is 0.371 e. The van der Waals surface area contributed by atoms with E-state index in [-0.39, 0.29) is 5.69 Å². The molecular weight excluding hydrogens is 422 g/mol. The molecule has 0 saturated carbocycles. The molecule has 0 spiro atoms. The molecule has 2 aromatic carbocycles. The Labute approximate surface area is 182 Å². The predicted octanol–water partition coefficient (Wildman–Crippen LogP) is 5.15. The normalized spacial score (nSPS) is 15.9. The summed E-state index contributed by atoms with van der Waals surface area (Å²) in [6.07, 6.45) is -0.868. The molecule has 1 aliphatic carbocycles. The highest BCUT2D eigenvalue weighted by molar-refractivity contribution is 5.66. The second-order valence-electron chi connectivity index (χ2n) is 8.28. The third-order valence-corrected chi connectivity index (χ3v) is 6.26. The van der Waals surface area contributed by atoms with Crippen molar-refractivity contribution in [3.63, 3.8) is 0 Å². The van der Waals surface area contributed by atoms with Crippen molar-refractivity contribution in [2.24, 2.45) is 0 Å². The minimum absolute atomic E-state index is 0.273. The second-order valence-corrected chi connectivity index (χ2v) is 8.28. The van der Waals surface area contributed by atoms with E-state index in [4.69, 9.17) is 0 Å². The van der Waals surface area contributed by atoms with Crippen LogP contribution in [-0.2, 0) is 19.0 Å². The first-order chi connectivity index (χ1) is 15.3. The average Bonchev–Trinajstić information content (AvgIpc) is 3.47. The highest BCUT2D eigenvalue weighted by Crippen LogP contribution is 2.37. The van der Waals surface area contributed by atoms with Crippen LogP contribution in [0.25, 0.3) is 16.9 Å². The lowest BCUT2D eigenvalue weighted by molar-refractivity contribution is -0.137. The summed E-state index contributed by atoms with van der Waals surface area (Å²) < 4.78 is 56.1. The molecule has 1 aromatic heterocycles. The second kappa shape index (κ2) is 7.76. The number of rotatable bonds is 3. The maximum atomic E-state index is 13.9. The van der Waals surface area contributed by atoms with E-state index in [0.29, 0.717) is 35.3 Å². The third kappa shape index (κ3) is 3.57. The van der Waals surface area contributed by atoms with Gasteiger partial charge in [-0.05, 0) is 80.1 Å². The van der Waals surface area contributed by atoms with Gasteiger partial charge in [0.15, 0.2) is 0 Å². The lowest BCUT2D eigenvalue weighted by Gasteiger charge is -2.22. The number of benzene rings is 2. The zero-order chi connectivity index (χ0) is 22.5. The van der Waals surface area contributed by atoms with Crippen LogP contribution < -0.4 is 10.5 Å². The van der Waals surface area contributed by atoms with Gasteiger partial charge in [-0.15, -0.1) is 0 Å². The maximum Gasteiger partial charge on any atom is 0.418 e. The summed E-state index contributed by atoms with van der Waals surface area (Å²) in [6, 6.07) is 9.54. The van der Waals surface area contributed by atoms with E-state index in [1.165, 1.54) is 36.4 Å². The van der Waals surface area contributed by atoms with E-state index in [0.717, 1.165) is 48.7 Å². The van der Waals surface area contributed by atoms with Crippen LogP contribution in [0.1, 0.15) is 36.0 Å². The van der Waals surface area contributed by atoms with Gasteiger partial charge in [-0.3, -0.25) is 4.79 Å². The largest absolute Gasteiger partial charge is 0.418 e. The number of halogens is 4. The molecular formula is C24H21F4N3O. The van der Waals surface area contributed by atoms with Gasteiger partial charge in [0.1, 0.15) is 5.82 Å². The summed E-state index contributed by atoms with van der Waals surface area (Å²) in [5.41, 5.74) is 1.17. The molecule has 4 nitrogen and oxygen atoms in total. The summed E-state index contributed by atoms with van der Waals surface area (Å²) in [4.78, 5) is 15.3. The van der Waals surface area contributed by atoms with E-state index in [2.05, 4.69) is 5.10 Å². The molecule has 2 aliphatic rings. The Morgan fingerprint density at radius 3 is 2.25 bits per heavy atom. The molecule has 32 heavy (non-hydrogen) atoms. The van der Waals surface area contributed by atoms with Crippen molar-refractivity contribution in [3.05, 3.63) is 75.3 Å². The predicted molar refractivity (Wildman–Crippen MR) is 114 cm³/mol. The number of anilines is 1. The van der Waals surface area contributed by atoms with E-state index < -0.39 is 23.1 Å². The molecule has 0 unspecified atom stereocenters. The van der Waals surface area contributed by atoms with Crippen LogP contribution in [0.15, 0.2) is 47.3 Å². The van der Waals surface area contributed by atoms with E-state index >= 15 is 0 Å². The zero-order valence-corrected chi connectivity index (χ0v) is 17.3. The third-order valence-electron chi connectivity index (χ3n) is 6.26. The van der Waals surface area contributed by atoms with Gasteiger partial charge in [0.2, 0.25) is 0 Å². The number of hydrogen-bond donors (Lipinski definition) is 0. The number of hydrogen-bond acceptors (Lipinski definition) is 3. The van der Waals surface area contributed by atoms with Crippen LogP contribution in [0, 0.1) is 5.82 Å². The molecule has 166 valence electrons. The van der Waals surface area contributed by atoms with Crippen LogP contribution in [0.5, 0.6) is 0 Å². The van der Waals surface area contributed by atoms with Gasteiger partial charge in [-0.1, -0.05) is 0 Å². The highest BCUT2D eigenvalue weighted by atomic mass is 19.4. The molecule has 3 aromatic rings. The fourth-order valence-corrected chi connectivity index (χ4v) is 4.68. The van der Waals surface area contributed by atoms with Crippen LogP contribution in [-0.4, -0.2) is 22.9 Å². The summed E-state index contributed by atoms with van der Waals surface area (Å²) in [5.74, 6) is -0.420. The van der Waals surface area contributed by atoms with Gasteiger partial charge >= 0.3 is 6.18 Å². The van der Waals surface area contributed by atoms with Gasteiger partial charge in [-0.2, -0.15) is 23.0 Å². The molecule has 0 bridgehead atoms. The molecule has 0 amide bonds. The summed E-state index contributed by atoms with van der Waals surface area (Å²) in [5, 5.41) is 4.42. The Hall–Kier alpha value is -3.16. The Morgan fingerprint density at radius 2 is 1.56 bits per heavy atom. The van der Waals surface area contributed by atoms with E-state index in [9.17, 15) is 22.4 Å². The van der Waals surface area contributed by atoms with Crippen LogP contribution in [0.3, 0.4) is 0 Å². The molecule has 0 radical (unpaired) electrons. The van der Waals surface area contributed by atoms with Crippen molar-refractivity contribution in [2.45, 2.75) is 38.3 Å². The van der Waals surface area contributed by atoms with Crippen molar-refractivity contribution in [1.82, 2.24) is 9.78 Å². The lowest BCUT2D eigenvalue weighted by Crippen LogP contribution is -2.28. The summed E-state index contributed by atoms with van der Waals surface area (Å²) in [7, 11) is 0. The fraction of sp³-hybridized carbons (Fsp3) is 0.333. The van der Waals surface area contributed by atoms with Crippen molar-refractivity contribution in [3.8, 4) is 16.9 Å². The zero-order valence-electron chi connectivity index (χ0n) is 17.3. The minimum Gasteiger partial charge on any atom is -0.371 e. The Kier molecular flexibility index (Phi) is 5.03. The molecule has 1 aliphatic heterocycles. The maximum absolute atomic E-state index is 13.9.